The van der Waals surface area contributed by atoms with Crippen molar-refractivity contribution in [3.05, 3.63) is 47.8 Å². The zero-order chi connectivity index (χ0) is 16.9. The van der Waals surface area contributed by atoms with E-state index in [9.17, 15) is 9.59 Å². The maximum atomic E-state index is 12.4. The average molecular weight is 324 g/mol. The van der Waals surface area contributed by atoms with Crippen LogP contribution < -0.4 is 10.6 Å². The molecule has 1 fully saturated rings. The first-order valence-electron chi connectivity index (χ1n) is 8.14. The zero-order valence-electron chi connectivity index (χ0n) is 13.6. The number of nitrogens with zero attached hydrogens (tertiary/aromatic N) is 2. The molecular formula is C18H20N4O2. The van der Waals surface area contributed by atoms with E-state index in [1.54, 1.807) is 36.5 Å². The Morgan fingerprint density at radius 1 is 1.17 bits per heavy atom. The number of benzene rings is 1. The Morgan fingerprint density at radius 2 is 1.96 bits per heavy atom. The van der Waals surface area contributed by atoms with Crippen molar-refractivity contribution in [2.24, 2.45) is 0 Å². The van der Waals surface area contributed by atoms with E-state index in [1.165, 1.54) is 19.8 Å². The third-order valence-electron chi connectivity index (χ3n) is 4.10. The average Bonchev–Trinajstić information content (AvgIpc) is 3.08. The lowest BCUT2D eigenvalue weighted by Crippen LogP contribution is -2.19. The summed E-state index contributed by atoms with van der Waals surface area (Å²) in [6.07, 6.45) is 6.22. The molecule has 0 bridgehead atoms. The molecule has 24 heavy (non-hydrogen) atoms. The third kappa shape index (κ3) is 3.95. The normalized spacial score (nSPS) is 14.4. The van der Waals surface area contributed by atoms with Crippen LogP contribution in [0.5, 0.6) is 0 Å². The molecular weight excluding hydrogens is 304 g/mol. The maximum Gasteiger partial charge on any atom is 0.274 e. The molecule has 1 saturated carbocycles. The van der Waals surface area contributed by atoms with Crippen LogP contribution in [0.15, 0.2) is 36.5 Å². The quantitative estimate of drug-likeness (QED) is 0.825. The van der Waals surface area contributed by atoms with Crippen LogP contribution in [-0.2, 0) is 0 Å². The molecule has 2 aromatic rings. The number of anilines is 2. The van der Waals surface area contributed by atoms with E-state index >= 15 is 0 Å². The molecule has 3 rings (SSSR count). The maximum absolute atomic E-state index is 12.4. The molecule has 124 valence electrons. The molecule has 1 aliphatic carbocycles. The first kappa shape index (κ1) is 16.1. The van der Waals surface area contributed by atoms with Gasteiger partial charge in [0.05, 0.1) is 0 Å². The minimum Gasteiger partial charge on any atom is -0.351 e. The van der Waals surface area contributed by atoms with Crippen LogP contribution in [0, 0.1) is 0 Å². The van der Waals surface area contributed by atoms with Gasteiger partial charge in [-0.25, -0.2) is 9.97 Å². The molecule has 0 unspecified atom stereocenters. The van der Waals surface area contributed by atoms with E-state index in [-0.39, 0.29) is 11.7 Å². The Balaban J connectivity index is 1.70. The van der Waals surface area contributed by atoms with Gasteiger partial charge >= 0.3 is 0 Å². The first-order valence-corrected chi connectivity index (χ1v) is 8.14. The van der Waals surface area contributed by atoms with E-state index in [4.69, 9.17) is 0 Å². The fourth-order valence-corrected chi connectivity index (χ4v) is 2.82. The monoisotopic (exact) mass is 324 g/mol. The smallest absolute Gasteiger partial charge is 0.274 e. The van der Waals surface area contributed by atoms with Gasteiger partial charge in [0.15, 0.2) is 5.78 Å². The number of aromatic nitrogens is 2. The molecule has 0 saturated heterocycles. The second kappa shape index (κ2) is 7.21. The first-order chi connectivity index (χ1) is 11.6. The summed E-state index contributed by atoms with van der Waals surface area (Å²) < 4.78 is 0. The van der Waals surface area contributed by atoms with Gasteiger partial charge in [0.2, 0.25) is 5.95 Å². The summed E-state index contributed by atoms with van der Waals surface area (Å²) in [5.74, 6) is 0.107. The predicted molar refractivity (Wildman–Crippen MR) is 92.3 cm³/mol. The summed E-state index contributed by atoms with van der Waals surface area (Å²) in [4.78, 5) is 32.3. The van der Waals surface area contributed by atoms with E-state index in [1.807, 2.05) is 0 Å². The van der Waals surface area contributed by atoms with Crippen molar-refractivity contribution in [2.45, 2.75) is 38.6 Å². The summed E-state index contributed by atoms with van der Waals surface area (Å²) >= 11 is 0. The fraction of sp³-hybridized carbons (Fsp3) is 0.333. The van der Waals surface area contributed by atoms with Crippen LogP contribution in [0.1, 0.15) is 53.5 Å². The van der Waals surface area contributed by atoms with Crippen molar-refractivity contribution in [1.82, 2.24) is 9.97 Å². The minimum atomic E-state index is -0.326. The number of carbonyl (C=O) groups excluding carboxylic acids is 2. The highest BCUT2D eigenvalue weighted by Crippen LogP contribution is 2.20. The summed E-state index contributed by atoms with van der Waals surface area (Å²) in [7, 11) is 0. The molecule has 1 aliphatic rings. The van der Waals surface area contributed by atoms with Crippen molar-refractivity contribution in [1.29, 1.82) is 0 Å². The summed E-state index contributed by atoms with van der Waals surface area (Å²) in [6, 6.07) is 8.80. The zero-order valence-corrected chi connectivity index (χ0v) is 13.6. The van der Waals surface area contributed by atoms with Gasteiger partial charge in [-0.3, -0.25) is 9.59 Å². The number of ketones is 1. The number of amides is 1. The second-order valence-electron chi connectivity index (χ2n) is 5.98. The molecule has 1 heterocycles. The Kier molecular flexibility index (Phi) is 4.84. The number of hydrogen-bond donors (Lipinski definition) is 2. The Hall–Kier alpha value is -2.76. The number of nitrogens with one attached hydrogen (secondary N) is 2. The van der Waals surface area contributed by atoms with Crippen molar-refractivity contribution in [2.75, 3.05) is 10.6 Å². The van der Waals surface area contributed by atoms with E-state index < -0.39 is 0 Å². The number of Topliss-reactive ketones (excluding diaryl/α,β-unsaturated/α-hetero) is 1. The molecule has 1 aromatic heterocycles. The van der Waals surface area contributed by atoms with Gasteiger partial charge in [0.25, 0.3) is 5.91 Å². The van der Waals surface area contributed by atoms with Gasteiger partial charge < -0.3 is 10.6 Å². The molecule has 1 amide bonds. The second-order valence-corrected chi connectivity index (χ2v) is 5.98. The summed E-state index contributed by atoms with van der Waals surface area (Å²) in [5.41, 5.74) is 1.41. The molecule has 6 nitrogen and oxygen atoms in total. The molecule has 6 heteroatoms. The molecule has 0 atom stereocenters. The predicted octanol–water partition coefficient (Wildman–Crippen LogP) is 3.29. The summed E-state index contributed by atoms with van der Waals surface area (Å²) in [5, 5.41) is 6.04. The SMILES string of the molecule is CC(=O)c1cccc(NC(=O)c2ccnc(NC3CCCC3)n2)c1. The topological polar surface area (TPSA) is 84.0 Å². The molecule has 1 aromatic carbocycles. The minimum absolute atomic E-state index is 0.0452. The molecule has 0 aliphatic heterocycles. The van der Waals surface area contributed by atoms with Crippen molar-refractivity contribution in [3.63, 3.8) is 0 Å². The van der Waals surface area contributed by atoms with Crippen molar-refractivity contribution >= 4 is 23.3 Å². The van der Waals surface area contributed by atoms with Crippen LogP contribution in [-0.4, -0.2) is 27.7 Å². The van der Waals surface area contributed by atoms with Crippen LogP contribution in [0.2, 0.25) is 0 Å². The van der Waals surface area contributed by atoms with Crippen LogP contribution in [0.4, 0.5) is 11.6 Å². The van der Waals surface area contributed by atoms with Gasteiger partial charge in [0, 0.05) is 23.5 Å². The van der Waals surface area contributed by atoms with Crippen molar-refractivity contribution in [3.8, 4) is 0 Å². The Labute approximate surface area is 140 Å². The van der Waals surface area contributed by atoms with Crippen LogP contribution >= 0.6 is 0 Å². The highest BCUT2D eigenvalue weighted by atomic mass is 16.2. The number of hydrogen-bond acceptors (Lipinski definition) is 5. The lowest BCUT2D eigenvalue weighted by atomic mass is 10.1. The lowest BCUT2D eigenvalue weighted by molar-refractivity contribution is 0.100. The van der Waals surface area contributed by atoms with Gasteiger partial charge in [-0.2, -0.15) is 0 Å². The van der Waals surface area contributed by atoms with Gasteiger partial charge in [0.1, 0.15) is 5.69 Å². The summed E-state index contributed by atoms with van der Waals surface area (Å²) in [6.45, 7) is 1.49. The van der Waals surface area contributed by atoms with Gasteiger partial charge in [-0.15, -0.1) is 0 Å². The molecule has 0 spiro atoms. The van der Waals surface area contributed by atoms with Crippen molar-refractivity contribution < 1.29 is 9.59 Å². The van der Waals surface area contributed by atoms with Crippen LogP contribution in [0.25, 0.3) is 0 Å². The van der Waals surface area contributed by atoms with E-state index in [0.717, 1.165) is 12.8 Å². The highest BCUT2D eigenvalue weighted by Gasteiger charge is 2.16. The van der Waals surface area contributed by atoms with E-state index in [2.05, 4.69) is 20.6 Å². The highest BCUT2D eigenvalue weighted by molar-refractivity contribution is 6.04. The third-order valence-corrected chi connectivity index (χ3v) is 4.10. The Morgan fingerprint density at radius 3 is 2.71 bits per heavy atom. The van der Waals surface area contributed by atoms with Gasteiger partial charge in [-0.1, -0.05) is 25.0 Å². The van der Waals surface area contributed by atoms with E-state index in [0.29, 0.717) is 28.9 Å². The lowest BCUT2D eigenvalue weighted by Gasteiger charge is -2.12. The van der Waals surface area contributed by atoms with Gasteiger partial charge in [-0.05, 0) is 38.0 Å². The number of carbonyl (C=O) groups is 2. The standard InChI is InChI=1S/C18H20N4O2/c1-12(23)13-5-4-8-15(11-13)20-17(24)16-9-10-19-18(22-16)21-14-6-2-3-7-14/h4-5,8-11,14H,2-3,6-7H2,1H3,(H,20,24)(H,19,21,22). The molecule has 2 N–H and O–H groups in total. The molecule has 0 radical (unpaired) electrons. The Bertz CT molecular complexity index is 754. The fourth-order valence-electron chi connectivity index (χ4n) is 2.82. The largest absolute Gasteiger partial charge is 0.351 e. The number of rotatable bonds is 5. The van der Waals surface area contributed by atoms with Crippen LogP contribution in [0.3, 0.4) is 0 Å².